The van der Waals surface area contributed by atoms with Crippen molar-refractivity contribution in [3.63, 3.8) is 0 Å². The van der Waals surface area contributed by atoms with E-state index in [1.807, 2.05) is 0 Å². The molecule has 1 aliphatic rings. The van der Waals surface area contributed by atoms with Crippen LogP contribution in [0.25, 0.3) is 0 Å². The van der Waals surface area contributed by atoms with E-state index in [2.05, 4.69) is 41.5 Å². The van der Waals surface area contributed by atoms with E-state index < -0.39 is 103 Å². The molecule has 4 amide bonds. The molecule has 1 fully saturated rings. The van der Waals surface area contributed by atoms with E-state index in [1.165, 1.54) is 137 Å². The fourth-order valence-corrected chi connectivity index (χ4v) is 9.87. The van der Waals surface area contributed by atoms with Crippen molar-refractivity contribution in [2.24, 2.45) is 11.7 Å². The predicted molar refractivity (Wildman–Crippen MR) is 301 cm³/mol. The van der Waals surface area contributed by atoms with Crippen molar-refractivity contribution in [3.8, 4) is 0 Å². The van der Waals surface area contributed by atoms with Crippen molar-refractivity contribution in [3.05, 3.63) is 0 Å². The van der Waals surface area contributed by atoms with Gasteiger partial charge in [-0.05, 0) is 39.5 Å². The molecule has 77 heavy (non-hydrogen) atoms. The Morgan fingerprint density at radius 2 is 1.01 bits per heavy atom. The Kier molecular flexibility index (Phi) is 42.5. The lowest BCUT2D eigenvalue weighted by Crippen LogP contribution is -2.66. The highest BCUT2D eigenvalue weighted by atomic mass is 16.7. The standard InChI is InChI=1S/C60H110N4O13/c1-8-11-14-17-20-22-24-26-28-31-33-36-39-48(40-37-34-32-29-27-25-23-21-18-15-12-9-2)59(72)77-60-53(63-47(6)65)55(54(68)50(76-60)44-74-52(67)41-38-35-30-19-16-13-10-3)75-46(5)58(71)62-45(4)57(70)64-49(56(61)69)42-43-51(66)73-7/h45-46,48-50,53-55,60,68H,8-44H2,1-7H3,(H2,61,69)(H,62,71)(H,63,65)(H,64,70)/t45-,46+,49+,50+,53+,54+,55+,60+/m0/s1. The maximum atomic E-state index is 14.5. The van der Waals surface area contributed by atoms with Crippen LogP contribution in [0.3, 0.4) is 0 Å². The molecule has 448 valence electrons. The first kappa shape index (κ1) is 71.2. The van der Waals surface area contributed by atoms with E-state index >= 15 is 0 Å². The van der Waals surface area contributed by atoms with Gasteiger partial charge in [-0.25, -0.2) is 0 Å². The van der Waals surface area contributed by atoms with Crippen LogP contribution in [0.1, 0.15) is 273 Å². The summed E-state index contributed by atoms with van der Waals surface area (Å²) in [7, 11) is 1.19. The highest BCUT2D eigenvalue weighted by Crippen LogP contribution is 2.29. The van der Waals surface area contributed by atoms with Crippen LogP contribution in [-0.2, 0) is 57.2 Å². The molecule has 0 bridgehead atoms. The number of rotatable bonds is 49. The minimum absolute atomic E-state index is 0.124. The van der Waals surface area contributed by atoms with Crippen LogP contribution >= 0.6 is 0 Å². The van der Waals surface area contributed by atoms with Crippen molar-refractivity contribution in [1.29, 1.82) is 0 Å². The summed E-state index contributed by atoms with van der Waals surface area (Å²) >= 11 is 0. The Balaban J connectivity index is 3.29. The highest BCUT2D eigenvalue weighted by molar-refractivity contribution is 5.92. The summed E-state index contributed by atoms with van der Waals surface area (Å²) in [6, 6.07) is -3.75. The first-order valence-electron chi connectivity index (χ1n) is 30.7. The fourth-order valence-electron chi connectivity index (χ4n) is 9.87. The third-order valence-corrected chi connectivity index (χ3v) is 14.8. The quantitative estimate of drug-likeness (QED) is 0.0216. The largest absolute Gasteiger partial charge is 0.469 e. The lowest BCUT2D eigenvalue weighted by atomic mass is 9.93. The number of primary amides is 1. The monoisotopic (exact) mass is 1090 g/mol. The average molecular weight is 1100 g/mol. The molecule has 6 N–H and O–H groups in total. The molecule has 0 aliphatic carbocycles. The zero-order valence-corrected chi connectivity index (χ0v) is 49.3. The molecule has 0 aromatic heterocycles. The number of aliphatic hydroxyl groups excluding tert-OH is 1. The van der Waals surface area contributed by atoms with E-state index in [-0.39, 0.29) is 19.3 Å². The predicted octanol–water partition coefficient (Wildman–Crippen LogP) is 10.8. The number of unbranched alkanes of at least 4 members (excludes halogenated alkanes) is 28. The van der Waals surface area contributed by atoms with Crippen molar-refractivity contribution < 1.29 is 62.4 Å². The lowest BCUT2D eigenvalue weighted by Gasteiger charge is -2.44. The lowest BCUT2D eigenvalue weighted by molar-refractivity contribution is -0.276. The van der Waals surface area contributed by atoms with Crippen molar-refractivity contribution in [2.45, 2.75) is 322 Å². The molecule has 17 nitrogen and oxygen atoms in total. The van der Waals surface area contributed by atoms with Crippen molar-refractivity contribution >= 4 is 41.5 Å². The fraction of sp³-hybridized carbons (Fsp3) is 0.883. The Morgan fingerprint density at radius 1 is 0.571 bits per heavy atom. The van der Waals surface area contributed by atoms with Gasteiger partial charge >= 0.3 is 17.9 Å². The second-order valence-electron chi connectivity index (χ2n) is 21.9. The van der Waals surface area contributed by atoms with Crippen LogP contribution in [-0.4, -0.2) is 109 Å². The molecular formula is C60H110N4O13. The summed E-state index contributed by atoms with van der Waals surface area (Å²) in [4.78, 5) is 91.0. The van der Waals surface area contributed by atoms with Gasteiger partial charge in [-0.1, -0.05) is 213 Å². The summed E-state index contributed by atoms with van der Waals surface area (Å²) in [6.45, 7) is 10.2. The van der Waals surface area contributed by atoms with Crippen LogP contribution in [0.15, 0.2) is 0 Å². The van der Waals surface area contributed by atoms with Crippen molar-refractivity contribution in [1.82, 2.24) is 16.0 Å². The first-order valence-corrected chi connectivity index (χ1v) is 30.7. The maximum Gasteiger partial charge on any atom is 0.311 e. The van der Waals surface area contributed by atoms with Crippen molar-refractivity contribution in [2.75, 3.05) is 13.7 Å². The first-order chi connectivity index (χ1) is 37.1. The average Bonchev–Trinajstić information content (AvgIpc) is 3.40. The number of methoxy groups -OCH3 is 1. The number of ether oxygens (including phenoxy) is 5. The van der Waals surface area contributed by atoms with Gasteiger partial charge in [0.1, 0.15) is 49.1 Å². The third-order valence-electron chi connectivity index (χ3n) is 14.8. The summed E-state index contributed by atoms with van der Waals surface area (Å²) in [5.74, 6) is -5.06. The zero-order chi connectivity index (χ0) is 57.1. The van der Waals surface area contributed by atoms with Gasteiger partial charge in [-0.3, -0.25) is 33.6 Å². The number of hydrogen-bond acceptors (Lipinski definition) is 13. The van der Waals surface area contributed by atoms with Gasteiger partial charge in [0, 0.05) is 19.8 Å². The smallest absolute Gasteiger partial charge is 0.311 e. The second kappa shape index (κ2) is 46.0. The van der Waals surface area contributed by atoms with Gasteiger partial charge in [0.2, 0.25) is 29.9 Å². The second-order valence-corrected chi connectivity index (χ2v) is 21.9. The topological polar surface area (TPSA) is 248 Å². The summed E-state index contributed by atoms with van der Waals surface area (Å²) < 4.78 is 29.0. The number of hydrogen-bond donors (Lipinski definition) is 5. The number of esters is 3. The van der Waals surface area contributed by atoms with Crippen LogP contribution in [0.5, 0.6) is 0 Å². The number of aliphatic hydroxyl groups is 1. The van der Waals surface area contributed by atoms with Gasteiger partial charge in [-0.2, -0.15) is 0 Å². The van der Waals surface area contributed by atoms with Gasteiger partial charge in [-0.15, -0.1) is 0 Å². The molecule has 0 saturated carbocycles. The molecule has 0 aromatic carbocycles. The Morgan fingerprint density at radius 3 is 1.44 bits per heavy atom. The Bertz CT molecular complexity index is 1570. The molecule has 0 spiro atoms. The molecule has 1 aliphatic heterocycles. The van der Waals surface area contributed by atoms with Crippen LogP contribution in [0.4, 0.5) is 0 Å². The molecule has 8 atom stereocenters. The van der Waals surface area contributed by atoms with Crippen LogP contribution < -0.4 is 21.7 Å². The van der Waals surface area contributed by atoms with E-state index in [0.29, 0.717) is 19.3 Å². The highest BCUT2D eigenvalue weighted by Gasteiger charge is 2.50. The Hall–Kier alpha value is -3.83. The van der Waals surface area contributed by atoms with E-state index in [4.69, 9.17) is 24.7 Å². The normalized spacial score (nSPS) is 18.5. The molecule has 0 radical (unpaired) electrons. The van der Waals surface area contributed by atoms with Crippen LogP contribution in [0, 0.1) is 5.92 Å². The summed E-state index contributed by atoms with van der Waals surface area (Å²) in [6.07, 6.45) is 29.5. The number of amides is 4. The summed E-state index contributed by atoms with van der Waals surface area (Å²) in [5, 5.41) is 19.6. The number of nitrogens with one attached hydrogen (secondary N) is 3. The SMILES string of the molecule is CCCCCCCCCCCCCCC(CCCCCCCCCCCCCC)C(=O)O[C@H]1O[C@H](COC(=O)CCCCCCCCC)[C@@H](O)[C@H](O[C@H](C)C(=O)N[C@@H](C)C(=O)N[C@H](CCC(=O)OC)C(N)=O)[C@H]1NC(C)=O. The van der Waals surface area contributed by atoms with Gasteiger partial charge < -0.3 is 50.5 Å². The van der Waals surface area contributed by atoms with E-state index in [1.54, 1.807) is 0 Å². The minimum atomic E-state index is -1.60. The van der Waals surface area contributed by atoms with Gasteiger partial charge in [0.05, 0.1) is 13.0 Å². The van der Waals surface area contributed by atoms with Gasteiger partial charge in [0.25, 0.3) is 0 Å². The van der Waals surface area contributed by atoms with E-state index in [0.717, 1.165) is 83.5 Å². The molecular weight excluding hydrogens is 985 g/mol. The van der Waals surface area contributed by atoms with E-state index in [9.17, 15) is 38.7 Å². The van der Waals surface area contributed by atoms with Crippen LogP contribution in [0.2, 0.25) is 0 Å². The number of carbonyl (C=O) groups is 7. The third kappa shape index (κ3) is 34.7. The molecule has 0 unspecified atom stereocenters. The molecule has 1 heterocycles. The zero-order valence-electron chi connectivity index (χ0n) is 49.3. The molecule has 0 aromatic rings. The number of carbonyl (C=O) groups excluding carboxylic acids is 7. The summed E-state index contributed by atoms with van der Waals surface area (Å²) in [5.41, 5.74) is 5.47. The molecule has 1 saturated heterocycles. The number of nitrogens with two attached hydrogens (primary N) is 1. The molecule has 1 rings (SSSR count). The molecule has 17 heteroatoms. The van der Waals surface area contributed by atoms with Gasteiger partial charge in [0.15, 0.2) is 0 Å². The maximum absolute atomic E-state index is 14.5. The Labute approximate surface area is 465 Å². The minimum Gasteiger partial charge on any atom is -0.469 e.